The number of fused-ring (bicyclic) bond motifs is 1. The number of nitrogens with one attached hydrogen (secondary N) is 1. The van der Waals surface area contributed by atoms with Crippen LogP contribution in [0.3, 0.4) is 0 Å². The van der Waals surface area contributed by atoms with Crippen LogP contribution in [0.2, 0.25) is 0 Å². The van der Waals surface area contributed by atoms with E-state index in [2.05, 4.69) is 5.32 Å². The summed E-state index contributed by atoms with van der Waals surface area (Å²) in [5, 5.41) is 3.61. The molecule has 0 spiro atoms. The molecule has 136 valence electrons. The number of methoxy groups -OCH3 is 1. The molecule has 3 aliphatic rings. The van der Waals surface area contributed by atoms with E-state index >= 15 is 0 Å². The number of piperidine rings is 1. The molecule has 0 radical (unpaired) electrons. The summed E-state index contributed by atoms with van der Waals surface area (Å²) in [6.45, 7) is 3.63. The van der Waals surface area contributed by atoms with Crippen molar-refractivity contribution in [3.8, 4) is 17.2 Å². The molecule has 0 unspecified atom stereocenters. The van der Waals surface area contributed by atoms with Gasteiger partial charge in [-0.3, -0.25) is 4.79 Å². The lowest BCUT2D eigenvalue weighted by Gasteiger charge is -2.32. The number of hydrogen-bond donors (Lipinski definition) is 1. The first-order chi connectivity index (χ1) is 12.2. The number of amides is 1. The zero-order valence-corrected chi connectivity index (χ0v) is 14.8. The van der Waals surface area contributed by atoms with Gasteiger partial charge in [-0.15, -0.1) is 0 Å². The smallest absolute Gasteiger partial charge is 0.225 e. The minimum absolute atomic E-state index is 0.328. The highest BCUT2D eigenvalue weighted by atomic mass is 16.6. The summed E-state index contributed by atoms with van der Waals surface area (Å²) in [6.07, 6.45) is 4.20. The Morgan fingerprint density at radius 2 is 1.96 bits per heavy atom. The predicted octanol–water partition coefficient (Wildman–Crippen LogP) is 1.96. The zero-order chi connectivity index (χ0) is 17.2. The quantitative estimate of drug-likeness (QED) is 0.883. The fourth-order valence-electron chi connectivity index (χ4n) is 3.58. The minimum Gasteiger partial charge on any atom is -0.493 e. The van der Waals surface area contributed by atoms with Crippen LogP contribution in [0.25, 0.3) is 0 Å². The molecule has 1 N–H and O–H groups in total. The van der Waals surface area contributed by atoms with Crippen molar-refractivity contribution in [2.24, 2.45) is 5.92 Å². The summed E-state index contributed by atoms with van der Waals surface area (Å²) in [5.41, 5.74) is 1.12. The summed E-state index contributed by atoms with van der Waals surface area (Å²) in [5.74, 6) is 2.88. The molecule has 2 fully saturated rings. The van der Waals surface area contributed by atoms with E-state index in [0.717, 1.165) is 62.4 Å². The first kappa shape index (κ1) is 16.5. The lowest BCUT2D eigenvalue weighted by Crippen LogP contribution is -2.45. The van der Waals surface area contributed by atoms with Crippen LogP contribution in [-0.2, 0) is 11.3 Å². The number of carbonyl (C=O) groups excluding carboxylic acids is 1. The highest BCUT2D eigenvalue weighted by Crippen LogP contribution is 2.40. The van der Waals surface area contributed by atoms with Crippen LogP contribution in [0.1, 0.15) is 31.2 Å². The Labute approximate surface area is 148 Å². The monoisotopic (exact) mass is 346 g/mol. The molecule has 1 aromatic carbocycles. The summed E-state index contributed by atoms with van der Waals surface area (Å²) in [7, 11) is 1.65. The Morgan fingerprint density at radius 1 is 1.20 bits per heavy atom. The van der Waals surface area contributed by atoms with Gasteiger partial charge in [-0.2, -0.15) is 0 Å². The van der Waals surface area contributed by atoms with Crippen LogP contribution in [0.4, 0.5) is 0 Å². The van der Waals surface area contributed by atoms with Crippen LogP contribution in [-0.4, -0.2) is 50.3 Å². The topological polar surface area (TPSA) is 60.0 Å². The van der Waals surface area contributed by atoms with Gasteiger partial charge in [0.25, 0.3) is 0 Å². The lowest BCUT2D eigenvalue weighted by atomic mass is 10.0. The third kappa shape index (κ3) is 3.68. The molecule has 1 aromatic rings. The zero-order valence-electron chi connectivity index (χ0n) is 14.8. The Morgan fingerprint density at radius 3 is 2.68 bits per heavy atom. The second kappa shape index (κ2) is 7.12. The highest BCUT2D eigenvalue weighted by molar-refractivity contribution is 5.81. The normalized spacial score (nSPS) is 20.4. The standard InChI is InChI=1S/C19H26N2O4/c1-23-16-10-13(11-17-18(16)25-9-8-24-17)12-20-15-4-6-21(7-5-15)19(22)14-2-3-14/h10-11,14-15,20H,2-9,12H2,1H3. The van der Waals surface area contributed by atoms with Gasteiger partial charge in [0.15, 0.2) is 11.5 Å². The van der Waals surface area contributed by atoms with Crippen LogP contribution in [0.15, 0.2) is 12.1 Å². The lowest BCUT2D eigenvalue weighted by molar-refractivity contribution is -0.133. The molecular weight excluding hydrogens is 320 g/mol. The Balaban J connectivity index is 1.32. The number of benzene rings is 1. The average molecular weight is 346 g/mol. The summed E-state index contributed by atoms with van der Waals surface area (Å²) in [6, 6.07) is 4.48. The Hall–Kier alpha value is -1.95. The van der Waals surface area contributed by atoms with Gasteiger partial charge in [0, 0.05) is 31.6 Å². The van der Waals surface area contributed by atoms with Gasteiger partial charge in [-0.05, 0) is 43.4 Å². The number of ether oxygens (including phenoxy) is 3. The molecule has 1 saturated heterocycles. The largest absolute Gasteiger partial charge is 0.493 e. The van der Waals surface area contributed by atoms with Crippen molar-refractivity contribution in [2.75, 3.05) is 33.4 Å². The molecule has 25 heavy (non-hydrogen) atoms. The molecule has 2 aliphatic heterocycles. The molecule has 1 aliphatic carbocycles. The molecule has 2 heterocycles. The van der Waals surface area contributed by atoms with E-state index in [1.165, 1.54) is 0 Å². The summed E-state index contributed by atoms with van der Waals surface area (Å²) >= 11 is 0. The van der Waals surface area contributed by atoms with Gasteiger partial charge >= 0.3 is 0 Å². The van der Waals surface area contributed by atoms with Gasteiger partial charge in [-0.25, -0.2) is 0 Å². The molecule has 0 aromatic heterocycles. The van der Waals surface area contributed by atoms with Crippen molar-refractivity contribution in [2.45, 2.75) is 38.3 Å². The number of rotatable bonds is 5. The fourth-order valence-corrected chi connectivity index (χ4v) is 3.58. The van der Waals surface area contributed by atoms with Crippen LogP contribution in [0, 0.1) is 5.92 Å². The maximum Gasteiger partial charge on any atom is 0.225 e. The molecule has 4 rings (SSSR count). The number of hydrogen-bond acceptors (Lipinski definition) is 5. The van der Waals surface area contributed by atoms with Crippen molar-refractivity contribution in [1.82, 2.24) is 10.2 Å². The van der Waals surface area contributed by atoms with Gasteiger partial charge < -0.3 is 24.4 Å². The van der Waals surface area contributed by atoms with E-state index in [1.54, 1.807) is 7.11 Å². The van der Waals surface area contributed by atoms with Gasteiger partial charge in [0.05, 0.1) is 7.11 Å². The van der Waals surface area contributed by atoms with E-state index in [1.807, 2.05) is 17.0 Å². The van der Waals surface area contributed by atoms with E-state index in [9.17, 15) is 4.79 Å². The summed E-state index contributed by atoms with van der Waals surface area (Å²) < 4.78 is 16.8. The second-order valence-electron chi connectivity index (χ2n) is 7.08. The predicted molar refractivity (Wildman–Crippen MR) is 93.1 cm³/mol. The maximum absolute atomic E-state index is 12.1. The molecular formula is C19H26N2O4. The van der Waals surface area contributed by atoms with Crippen LogP contribution in [0.5, 0.6) is 17.2 Å². The molecule has 1 saturated carbocycles. The first-order valence-electron chi connectivity index (χ1n) is 9.23. The van der Waals surface area contributed by atoms with Crippen LogP contribution >= 0.6 is 0 Å². The van der Waals surface area contributed by atoms with Crippen molar-refractivity contribution < 1.29 is 19.0 Å². The van der Waals surface area contributed by atoms with Crippen molar-refractivity contribution in [1.29, 1.82) is 0 Å². The number of likely N-dealkylation sites (tertiary alicyclic amines) is 1. The highest BCUT2D eigenvalue weighted by Gasteiger charge is 2.34. The third-order valence-corrected chi connectivity index (χ3v) is 5.22. The SMILES string of the molecule is COc1cc(CNC2CCN(C(=O)C3CC3)CC2)cc2c1OCCO2. The Bertz CT molecular complexity index is 619. The summed E-state index contributed by atoms with van der Waals surface area (Å²) in [4.78, 5) is 14.2. The maximum atomic E-state index is 12.1. The Kier molecular flexibility index (Phi) is 4.70. The van der Waals surface area contributed by atoms with Crippen LogP contribution < -0.4 is 19.5 Å². The van der Waals surface area contributed by atoms with E-state index in [4.69, 9.17) is 14.2 Å². The molecule has 1 amide bonds. The molecule has 0 bridgehead atoms. The van der Waals surface area contributed by atoms with Gasteiger partial charge in [0.2, 0.25) is 11.7 Å². The third-order valence-electron chi connectivity index (χ3n) is 5.22. The van der Waals surface area contributed by atoms with Crippen molar-refractivity contribution in [3.05, 3.63) is 17.7 Å². The minimum atomic E-state index is 0.328. The number of nitrogens with zero attached hydrogens (tertiary/aromatic N) is 1. The molecule has 0 atom stereocenters. The van der Waals surface area contributed by atoms with Gasteiger partial charge in [-0.1, -0.05) is 0 Å². The average Bonchev–Trinajstić information content (AvgIpc) is 3.50. The molecule has 6 heteroatoms. The van der Waals surface area contributed by atoms with Crippen molar-refractivity contribution >= 4 is 5.91 Å². The van der Waals surface area contributed by atoms with E-state index in [-0.39, 0.29) is 0 Å². The first-order valence-corrected chi connectivity index (χ1v) is 9.23. The van der Waals surface area contributed by atoms with Crippen molar-refractivity contribution in [3.63, 3.8) is 0 Å². The molecule has 6 nitrogen and oxygen atoms in total. The second-order valence-corrected chi connectivity index (χ2v) is 7.08. The number of carbonyl (C=O) groups is 1. The van der Waals surface area contributed by atoms with E-state index in [0.29, 0.717) is 36.8 Å². The van der Waals surface area contributed by atoms with E-state index < -0.39 is 0 Å². The van der Waals surface area contributed by atoms with Gasteiger partial charge in [0.1, 0.15) is 13.2 Å². The fraction of sp³-hybridized carbons (Fsp3) is 0.632.